The van der Waals surface area contributed by atoms with Crippen molar-refractivity contribution in [3.63, 3.8) is 0 Å². The lowest BCUT2D eigenvalue weighted by molar-refractivity contribution is 0.824. The maximum atomic E-state index is 3.43. The van der Waals surface area contributed by atoms with Gasteiger partial charge in [0.15, 0.2) is 0 Å². The van der Waals surface area contributed by atoms with Crippen LogP contribution in [0.3, 0.4) is 0 Å². The Kier molecular flexibility index (Phi) is 13.9. The number of hydrogen-bond acceptors (Lipinski definition) is 0. The van der Waals surface area contributed by atoms with E-state index in [1.54, 1.807) is 0 Å². The predicted octanol–water partition coefficient (Wildman–Crippen LogP) is 5.23. The Morgan fingerprint density at radius 2 is 1.07 bits per heavy atom. The van der Waals surface area contributed by atoms with Gasteiger partial charge in [-0.25, -0.2) is 0 Å². The Balaban J connectivity index is 3.15. The zero-order chi connectivity index (χ0) is 10.5. The molecule has 0 N–H and O–H groups in total. The summed E-state index contributed by atoms with van der Waals surface area (Å²) in [6.07, 6.45) is 16.4. The lowest BCUT2D eigenvalue weighted by Crippen LogP contribution is -1.73. The van der Waals surface area contributed by atoms with Crippen LogP contribution in [0, 0.1) is 0 Å². The molecular weight excluding hydrogens is 304 g/mol. The van der Waals surface area contributed by atoms with Crippen LogP contribution < -0.4 is 0 Å². The van der Waals surface area contributed by atoms with Crippen molar-refractivity contribution in [2.24, 2.45) is 0 Å². The van der Waals surface area contributed by atoms with Gasteiger partial charge in [0.1, 0.15) is 0 Å². The van der Waals surface area contributed by atoms with Gasteiger partial charge in [-0.1, -0.05) is 56.2 Å². The molecule has 0 amide bonds. The maximum Gasteiger partial charge on any atom is 0.00314 e. The van der Waals surface area contributed by atoms with Gasteiger partial charge in [-0.3, -0.25) is 0 Å². The molecule has 0 spiro atoms. The van der Waals surface area contributed by atoms with Crippen LogP contribution in [0.1, 0.15) is 38.5 Å². The van der Waals surface area contributed by atoms with Crippen LogP contribution >= 0.6 is 31.9 Å². The van der Waals surface area contributed by atoms with Crippen molar-refractivity contribution in [2.75, 3.05) is 10.7 Å². The monoisotopic (exact) mass is 322 g/mol. The van der Waals surface area contributed by atoms with Crippen molar-refractivity contribution in [3.8, 4) is 0 Å². The third-order valence-corrected chi connectivity index (χ3v) is 3.01. The molecule has 14 heavy (non-hydrogen) atoms. The summed E-state index contributed by atoms with van der Waals surface area (Å²) in [4.78, 5) is 0. The highest BCUT2D eigenvalue weighted by atomic mass is 79.9. The third kappa shape index (κ3) is 12.4. The van der Waals surface area contributed by atoms with Gasteiger partial charge in [-0.2, -0.15) is 0 Å². The van der Waals surface area contributed by atoms with E-state index in [4.69, 9.17) is 0 Å². The molecule has 0 radical (unpaired) electrons. The first-order valence-corrected chi connectivity index (χ1v) is 7.59. The molecule has 0 atom stereocenters. The first-order valence-electron chi connectivity index (χ1n) is 5.35. The normalized spacial score (nSPS) is 11.9. The SMILES string of the molecule is BrCCCC/C=C/C=C/CCCCBr. The molecule has 0 aliphatic heterocycles. The van der Waals surface area contributed by atoms with Crippen LogP contribution in [-0.2, 0) is 0 Å². The van der Waals surface area contributed by atoms with Crippen molar-refractivity contribution in [2.45, 2.75) is 38.5 Å². The van der Waals surface area contributed by atoms with Gasteiger partial charge < -0.3 is 0 Å². The van der Waals surface area contributed by atoms with Gasteiger partial charge in [-0.15, -0.1) is 0 Å². The Bertz CT molecular complexity index is 132. The Labute approximate surface area is 105 Å². The maximum absolute atomic E-state index is 3.43. The molecule has 0 unspecified atom stereocenters. The largest absolute Gasteiger partial charge is 0.0928 e. The summed E-state index contributed by atoms with van der Waals surface area (Å²) in [5, 5.41) is 2.26. The standard InChI is InChI=1S/C12H20Br2/c13-11-9-7-5-3-1-2-4-6-8-10-12-14/h1-4H,5-12H2/b3-1+,4-2+. The molecule has 0 aromatic carbocycles. The average Bonchev–Trinajstić information content (AvgIpc) is 2.21. The number of unbranched alkanes of at least 4 members (excludes halogenated alkanes) is 4. The molecule has 0 nitrogen and oxygen atoms in total. The molecule has 0 saturated carbocycles. The van der Waals surface area contributed by atoms with E-state index in [0.717, 1.165) is 10.7 Å². The molecule has 0 rings (SSSR count). The third-order valence-electron chi connectivity index (χ3n) is 1.89. The second-order valence-corrected chi connectivity index (χ2v) is 4.81. The fourth-order valence-electron chi connectivity index (χ4n) is 1.06. The van der Waals surface area contributed by atoms with E-state index in [0.29, 0.717) is 0 Å². The lowest BCUT2D eigenvalue weighted by atomic mass is 10.2. The molecule has 2 heteroatoms. The van der Waals surface area contributed by atoms with E-state index in [2.05, 4.69) is 56.2 Å². The van der Waals surface area contributed by atoms with Crippen LogP contribution in [0.4, 0.5) is 0 Å². The molecule has 82 valence electrons. The lowest BCUT2D eigenvalue weighted by Gasteiger charge is -1.90. The number of alkyl halides is 2. The van der Waals surface area contributed by atoms with E-state index in [1.807, 2.05) is 0 Å². The van der Waals surface area contributed by atoms with Crippen LogP contribution in [0.15, 0.2) is 24.3 Å². The minimum absolute atomic E-state index is 1.13. The molecule has 0 heterocycles. The summed E-state index contributed by atoms with van der Waals surface area (Å²) < 4.78 is 0. The van der Waals surface area contributed by atoms with E-state index < -0.39 is 0 Å². The molecular formula is C12H20Br2. The highest BCUT2D eigenvalue weighted by Crippen LogP contribution is 2.01. The number of halogens is 2. The molecule has 0 bridgehead atoms. The fraction of sp³-hybridized carbons (Fsp3) is 0.667. The zero-order valence-electron chi connectivity index (χ0n) is 8.72. The minimum atomic E-state index is 1.13. The smallest absolute Gasteiger partial charge is 0.00314 e. The van der Waals surface area contributed by atoms with Gasteiger partial charge in [0.05, 0.1) is 0 Å². The number of hydrogen-bond donors (Lipinski definition) is 0. The number of allylic oxidation sites excluding steroid dienone is 4. The van der Waals surface area contributed by atoms with Gasteiger partial charge >= 0.3 is 0 Å². The van der Waals surface area contributed by atoms with Crippen LogP contribution in [0.25, 0.3) is 0 Å². The molecule has 0 aromatic rings. The second-order valence-electron chi connectivity index (χ2n) is 3.23. The van der Waals surface area contributed by atoms with Crippen molar-refractivity contribution in [3.05, 3.63) is 24.3 Å². The Morgan fingerprint density at radius 1 is 0.643 bits per heavy atom. The van der Waals surface area contributed by atoms with Crippen molar-refractivity contribution in [1.82, 2.24) is 0 Å². The summed E-state index contributed by atoms with van der Waals surface area (Å²) in [5.74, 6) is 0. The van der Waals surface area contributed by atoms with E-state index in [9.17, 15) is 0 Å². The van der Waals surface area contributed by atoms with Crippen molar-refractivity contribution >= 4 is 31.9 Å². The first kappa shape index (κ1) is 14.4. The van der Waals surface area contributed by atoms with Gasteiger partial charge in [0.25, 0.3) is 0 Å². The molecule has 0 saturated heterocycles. The second kappa shape index (κ2) is 13.4. The summed E-state index contributed by atoms with van der Waals surface area (Å²) in [6.45, 7) is 0. The highest BCUT2D eigenvalue weighted by Gasteiger charge is 1.82. The van der Waals surface area contributed by atoms with E-state index >= 15 is 0 Å². The average molecular weight is 324 g/mol. The van der Waals surface area contributed by atoms with Crippen molar-refractivity contribution in [1.29, 1.82) is 0 Å². The summed E-state index contributed by atoms with van der Waals surface area (Å²) in [7, 11) is 0. The number of rotatable bonds is 9. The van der Waals surface area contributed by atoms with Crippen LogP contribution in [0.2, 0.25) is 0 Å². The van der Waals surface area contributed by atoms with Gasteiger partial charge in [0.2, 0.25) is 0 Å². The van der Waals surface area contributed by atoms with Gasteiger partial charge in [-0.05, 0) is 38.5 Å². The topological polar surface area (TPSA) is 0 Å². The van der Waals surface area contributed by atoms with Crippen molar-refractivity contribution < 1.29 is 0 Å². The molecule has 0 aromatic heterocycles. The highest BCUT2D eigenvalue weighted by molar-refractivity contribution is 9.09. The van der Waals surface area contributed by atoms with Gasteiger partial charge in [0, 0.05) is 10.7 Å². The molecule has 0 fully saturated rings. The Morgan fingerprint density at radius 3 is 1.43 bits per heavy atom. The van der Waals surface area contributed by atoms with E-state index in [1.165, 1.54) is 38.5 Å². The quantitative estimate of drug-likeness (QED) is 0.309. The molecule has 0 aliphatic rings. The van der Waals surface area contributed by atoms with Crippen LogP contribution in [0.5, 0.6) is 0 Å². The fourth-order valence-corrected chi connectivity index (χ4v) is 1.86. The summed E-state index contributed by atoms with van der Waals surface area (Å²) in [6, 6.07) is 0. The minimum Gasteiger partial charge on any atom is -0.0928 e. The zero-order valence-corrected chi connectivity index (χ0v) is 11.9. The van der Waals surface area contributed by atoms with Crippen LogP contribution in [-0.4, -0.2) is 10.7 Å². The predicted molar refractivity (Wildman–Crippen MR) is 73.6 cm³/mol. The summed E-state index contributed by atoms with van der Waals surface area (Å²) >= 11 is 6.85. The first-order chi connectivity index (χ1) is 6.91. The Hall–Kier alpha value is 0.440. The summed E-state index contributed by atoms with van der Waals surface area (Å²) in [5.41, 5.74) is 0. The van der Waals surface area contributed by atoms with E-state index in [-0.39, 0.29) is 0 Å². The molecule has 0 aliphatic carbocycles.